The maximum Gasteiger partial charge on any atom is 0.213 e. The van der Waals surface area contributed by atoms with Gasteiger partial charge in [-0.05, 0) is 18.8 Å². The van der Waals surface area contributed by atoms with Crippen LogP contribution in [0.4, 0.5) is 0 Å². The number of hydrazone groups is 1. The first kappa shape index (κ1) is 8.17. The minimum Gasteiger partial charge on any atom is -0.368 e. The third kappa shape index (κ3) is 2.00. The Labute approximate surface area is 67.2 Å². The van der Waals surface area contributed by atoms with Crippen LogP contribution in [0, 0.1) is 5.92 Å². The Balaban J connectivity index is 2.24. The number of rotatable bonds is 2. The van der Waals surface area contributed by atoms with Crippen molar-refractivity contribution in [2.75, 3.05) is 13.6 Å². The highest BCUT2D eigenvalue weighted by atomic mass is 15.3. The average molecular weight is 156 g/mol. The average Bonchev–Trinajstić information content (AvgIpc) is 1.94. The third-order valence-electron chi connectivity index (χ3n) is 2.28. The molecule has 0 saturated heterocycles. The van der Waals surface area contributed by atoms with E-state index in [-0.39, 0.29) is 0 Å². The van der Waals surface area contributed by atoms with Gasteiger partial charge in [0, 0.05) is 13.6 Å². The van der Waals surface area contributed by atoms with Crippen LogP contribution >= 0.6 is 0 Å². The maximum absolute atomic E-state index is 5.49. The highest BCUT2D eigenvalue weighted by Crippen LogP contribution is 2.26. The van der Waals surface area contributed by atoms with Crippen LogP contribution in [0.1, 0.15) is 19.3 Å². The molecule has 64 valence electrons. The molecular weight excluding hydrogens is 140 g/mol. The standard InChI is InChI=1S/C7H16N4/c1-11(7(8)10-9)5-6-3-2-4-6/h6H,2-5,9H2,1H3,(H2,8,10). The Morgan fingerprint density at radius 3 is 2.64 bits per heavy atom. The summed E-state index contributed by atoms with van der Waals surface area (Å²) in [6, 6.07) is 0. The van der Waals surface area contributed by atoms with Gasteiger partial charge >= 0.3 is 0 Å². The Kier molecular flexibility index (Phi) is 2.57. The number of guanidine groups is 1. The molecule has 0 aromatic carbocycles. The van der Waals surface area contributed by atoms with Gasteiger partial charge < -0.3 is 16.5 Å². The summed E-state index contributed by atoms with van der Waals surface area (Å²) in [6.45, 7) is 0.993. The molecule has 11 heavy (non-hydrogen) atoms. The van der Waals surface area contributed by atoms with Gasteiger partial charge in [0.05, 0.1) is 0 Å². The van der Waals surface area contributed by atoms with Gasteiger partial charge in [-0.3, -0.25) is 0 Å². The van der Waals surface area contributed by atoms with E-state index in [0.717, 1.165) is 12.5 Å². The first-order chi connectivity index (χ1) is 5.24. The first-order valence-corrected chi connectivity index (χ1v) is 3.98. The molecule has 1 saturated carbocycles. The molecule has 4 nitrogen and oxygen atoms in total. The lowest BCUT2D eigenvalue weighted by Crippen LogP contribution is -2.39. The minimum absolute atomic E-state index is 0.428. The molecule has 1 aliphatic rings. The van der Waals surface area contributed by atoms with Crippen molar-refractivity contribution in [3.8, 4) is 0 Å². The van der Waals surface area contributed by atoms with Crippen LogP contribution in [0.3, 0.4) is 0 Å². The quantitative estimate of drug-likeness (QED) is 0.254. The molecule has 0 bridgehead atoms. The molecule has 0 unspecified atom stereocenters. The topological polar surface area (TPSA) is 67.6 Å². The third-order valence-corrected chi connectivity index (χ3v) is 2.28. The van der Waals surface area contributed by atoms with Crippen LogP contribution in [0.15, 0.2) is 5.10 Å². The summed E-state index contributed by atoms with van der Waals surface area (Å²) in [5.74, 6) is 6.26. The van der Waals surface area contributed by atoms with Gasteiger partial charge in [0.15, 0.2) is 0 Å². The van der Waals surface area contributed by atoms with Gasteiger partial charge in [0.2, 0.25) is 5.96 Å². The summed E-state index contributed by atoms with van der Waals surface area (Å²) in [4.78, 5) is 1.91. The molecule has 0 aromatic rings. The lowest BCUT2D eigenvalue weighted by atomic mass is 9.85. The van der Waals surface area contributed by atoms with Crippen molar-refractivity contribution in [2.45, 2.75) is 19.3 Å². The molecule has 0 heterocycles. The van der Waals surface area contributed by atoms with Gasteiger partial charge in [0.25, 0.3) is 0 Å². The van der Waals surface area contributed by atoms with Crippen LogP contribution < -0.4 is 11.6 Å². The van der Waals surface area contributed by atoms with Crippen molar-refractivity contribution in [3.05, 3.63) is 0 Å². The summed E-state index contributed by atoms with van der Waals surface area (Å²) in [6.07, 6.45) is 4.00. The molecular formula is C7H16N4. The fourth-order valence-corrected chi connectivity index (χ4v) is 1.25. The molecule has 4 N–H and O–H groups in total. The van der Waals surface area contributed by atoms with Gasteiger partial charge in [-0.2, -0.15) is 0 Å². The largest absolute Gasteiger partial charge is 0.368 e. The zero-order chi connectivity index (χ0) is 8.27. The normalized spacial score (nSPS) is 19.5. The van der Waals surface area contributed by atoms with E-state index in [1.54, 1.807) is 0 Å². The zero-order valence-electron chi connectivity index (χ0n) is 6.95. The van der Waals surface area contributed by atoms with Crippen molar-refractivity contribution in [1.29, 1.82) is 0 Å². The summed E-state index contributed by atoms with van der Waals surface area (Å²) in [7, 11) is 1.92. The predicted molar refractivity (Wildman–Crippen MR) is 45.8 cm³/mol. The van der Waals surface area contributed by atoms with Gasteiger partial charge in [-0.1, -0.05) is 6.42 Å². The van der Waals surface area contributed by atoms with Gasteiger partial charge in [-0.25, -0.2) is 0 Å². The van der Waals surface area contributed by atoms with Crippen molar-refractivity contribution in [2.24, 2.45) is 22.6 Å². The van der Waals surface area contributed by atoms with E-state index in [2.05, 4.69) is 5.10 Å². The molecule has 0 amide bonds. The maximum atomic E-state index is 5.49. The van der Waals surface area contributed by atoms with Crippen LogP contribution in [0.25, 0.3) is 0 Å². The lowest BCUT2D eigenvalue weighted by Gasteiger charge is -2.30. The molecule has 0 radical (unpaired) electrons. The van der Waals surface area contributed by atoms with E-state index in [1.807, 2.05) is 11.9 Å². The number of hydrogen-bond acceptors (Lipinski definition) is 2. The van der Waals surface area contributed by atoms with Crippen molar-refractivity contribution < 1.29 is 0 Å². The molecule has 1 rings (SSSR count). The lowest BCUT2D eigenvalue weighted by molar-refractivity contribution is 0.257. The molecule has 0 spiro atoms. The Hall–Kier alpha value is -0.930. The van der Waals surface area contributed by atoms with Gasteiger partial charge in [-0.15, -0.1) is 5.10 Å². The Morgan fingerprint density at radius 2 is 2.27 bits per heavy atom. The van der Waals surface area contributed by atoms with Crippen molar-refractivity contribution in [3.63, 3.8) is 0 Å². The fraction of sp³-hybridized carbons (Fsp3) is 0.857. The van der Waals surface area contributed by atoms with E-state index < -0.39 is 0 Å². The molecule has 0 aromatic heterocycles. The first-order valence-electron chi connectivity index (χ1n) is 3.98. The van der Waals surface area contributed by atoms with Crippen LogP contribution in [-0.4, -0.2) is 24.5 Å². The monoisotopic (exact) mass is 156 g/mol. The number of hydrogen-bond donors (Lipinski definition) is 2. The second kappa shape index (κ2) is 3.46. The number of nitrogens with two attached hydrogens (primary N) is 2. The molecule has 4 heteroatoms. The van der Waals surface area contributed by atoms with E-state index >= 15 is 0 Å². The molecule has 1 fully saturated rings. The zero-order valence-corrected chi connectivity index (χ0v) is 6.95. The SMILES string of the molecule is CN(CC1CCC1)C(N)=NN. The van der Waals surface area contributed by atoms with E-state index in [0.29, 0.717) is 5.96 Å². The molecule has 0 aliphatic heterocycles. The second-order valence-electron chi connectivity index (χ2n) is 3.16. The van der Waals surface area contributed by atoms with Crippen LogP contribution in [0.2, 0.25) is 0 Å². The highest BCUT2D eigenvalue weighted by molar-refractivity contribution is 5.77. The second-order valence-corrected chi connectivity index (χ2v) is 3.16. The molecule has 0 atom stereocenters. The minimum atomic E-state index is 0.428. The van der Waals surface area contributed by atoms with E-state index in [1.165, 1.54) is 19.3 Å². The van der Waals surface area contributed by atoms with Crippen LogP contribution in [0.5, 0.6) is 0 Å². The van der Waals surface area contributed by atoms with Crippen molar-refractivity contribution in [1.82, 2.24) is 4.90 Å². The highest BCUT2D eigenvalue weighted by Gasteiger charge is 2.19. The fourth-order valence-electron chi connectivity index (χ4n) is 1.25. The predicted octanol–water partition coefficient (Wildman–Crippen LogP) is -0.0933. The van der Waals surface area contributed by atoms with Crippen LogP contribution in [-0.2, 0) is 0 Å². The van der Waals surface area contributed by atoms with Gasteiger partial charge in [0.1, 0.15) is 0 Å². The summed E-state index contributed by atoms with van der Waals surface area (Å²) >= 11 is 0. The van der Waals surface area contributed by atoms with E-state index in [9.17, 15) is 0 Å². The smallest absolute Gasteiger partial charge is 0.213 e. The number of nitrogens with zero attached hydrogens (tertiary/aromatic N) is 2. The van der Waals surface area contributed by atoms with Crippen molar-refractivity contribution >= 4 is 5.96 Å². The summed E-state index contributed by atoms with van der Waals surface area (Å²) < 4.78 is 0. The molecule has 1 aliphatic carbocycles. The Bertz CT molecular complexity index is 151. The summed E-state index contributed by atoms with van der Waals surface area (Å²) in [5, 5.41) is 3.42. The summed E-state index contributed by atoms with van der Waals surface area (Å²) in [5.41, 5.74) is 5.49. The Morgan fingerprint density at radius 1 is 1.64 bits per heavy atom. The van der Waals surface area contributed by atoms with E-state index in [4.69, 9.17) is 11.6 Å².